The van der Waals surface area contributed by atoms with E-state index >= 15 is 0 Å². The fourth-order valence-corrected chi connectivity index (χ4v) is 2.39. The number of nitrogens with zero attached hydrogens (tertiary/aromatic N) is 2. The van der Waals surface area contributed by atoms with Crippen LogP contribution < -0.4 is 10.6 Å². The smallest absolute Gasteiger partial charge is 0.191 e. The Balaban J connectivity index is 0.00000288. The number of nitrogens with one attached hydrogen (secondary N) is 2. The van der Waals surface area contributed by atoms with Crippen molar-refractivity contribution in [2.75, 3.05) is 13.6 Å². The maximum Gasteiger partial charge on any atom is 0.191 e. The van der Waals surface area contributed by atoms with E-state index in [4.69, 9.17) is 0 Å². The predicted molar refractivity (Wildman–Crippen MR) is 108 cm³/mol. The zero-order valence-corrected chi connectivity index (χ0v) is 17.0. The summed E-state index contributed by atoms with van der Waals surface area (Å²) in [4.78, 5) is 4.24. The van der Waals surface area contributed by atoms with Crippen LogP contribution in [0.25, 0.3) is 0 Å². The molecule has 2 aromatic rings. The summed E-state index contributed by atoms with van der Waals surface area (Å²) in [6, 6.07) is 8.81. The Morgan fingerprint density at radius 2 is 2.00 bits per heavy atom. The zero-order valence-electron chi connectivity index (χ0n) is 14.6. The minimum atomic E-state index is -0.206. The molecule has 0 atom stereocenters. The largest absolute Gasteiger partial charge is 0.357 e. The molecule has 4 nitrogen and oxygen atoms in total. The summed E-state index contributed by atoms with van der Waals surface area (Å²) in [5.41, 5.74) is 1.95. The van der Waals surface area contributed by atoms with Crippen molar-refractivity contribution >= 4 is 29.9 Å². The Morgan fingerprint density at radius 1 is 1.25 bits per heavy atom. The molecule has 0 aliphatic carbocycles. The summed E-state index contributed by atoms with van der Waals surface area (Å²) in [5.74, 6) is 0.528. The Labute approximate surface area is 160 Å². The quantitative estimate of drug-likeness (QED) is 0.422. The number of rotatable bonds is 5. The molecule has 1 aromatic carbocycles. The van der Waals surface area contributed by atoms with Crippen molar-refractivity contribution < 1.29 is 4.39 Å². The van der Waals surface area contributed by atoms with Gasteiger partial charge in [0.1, 0.15) is 5.82 Å². The Bertz CT molecular complexity index is 679. The molecule has 0 bridgehead atoms. The first-order valence-electron chi connectivity index (χ1n) is 7.72. The first-order valence-corrected chi connectivity index (χ1v) is 7.72. The van der Waals surface area contributed by atoms with Gasteiger partial charge in [-0.1, -0.05) is 26.0 Å². The Morgan fingerprint density at radius 3 is 2.58 bits per heavy atom. The highest BCUT2D eigenvalue weighted by Crippen LogP contribution is 2.22. The fraction of sp³-hybridized carbons (Fsp3) is 0.389. The van der Waals surface area contributed by atoms with E-state index in [2.05, 4.69) is 41.7 Å². The van der Waals surface area contributed by atoms with E-state index in [1.165, 1.54) is 11.6 Å². The van der Waals surface area contributed by atoms with Gasteiger partial charge in [0, 0.05) is 45.0 Å². The van der Waals surface area contributed by atoms with Gasteiger partial charge in [-0.15, -0.1) is 24.0 Å². The number of aryl methyl sites for hydroxylation is 1. The fourth-order valence-electron chi connectivity index (χ4n) is 2.39. The van der Waals surface area contributed by atoms with Gasteiger partial charge < -0.3 is 15.2 Å². The van der Waals surface area contributed by atoms with E-state index in [1.54, 1.807) is 19.2 Å². The number of aliphatic imine (C=N–C) groups is 1. The summed E-state index contributed by atoms with van der Waals surface area (Å²) in [6.45, 7) is 5.53. The average Bonchev–Trinajstić information content (AvgIpc) is 2.93. The molecule has 2 rings (SSSR count). The second-order valence-electron chi connectivity index (χ2n) is 6.36. The first-order chi connectivity index (χ1) is 10.9. The van der Waals surface area contributed by atoms with Crippen molar-refractivity contribution in [3.63, 3.8) is 0 Å². The highest BCUT2D eigenvalue weighted by Gasteiger charge is 2.21. The van der Waals surface area contributed by atoms with Crippen LogP contribution in [0.1, 0.15) is 25.0 Å². The summed E-state index contributed by atoms with van der Waals surface area (Å²) in [5, 5.41) is 6.60. The van der Waals surface area contributed by atoms with Crippen molar-refractivity contribution in [2.45, 2.75) is 25.8 Å². The number of benzene rings is 1. The molecule has 0 unspecified atom stereocenters. The summed E-state index contributed by atoms with van der Waals surface area (Å²) < 4.78 is 15.4. The molecule has 0 radical (unpaired) electrons. The van der Waals surface area contributed by atoms with Crippen LogP contribution in [0.15, 0.2) is 47.7 Å². The van der Waals surface area contributed by atoms with Gasteiger partial charge in [-0.3, -0.25) is 4.99 Å². The van der Waals surface area contributed by atoms with E-state index in [-0.39, 0.29) is 35.2 Å². The summed E-state index contributed by atoms with van der Waals surface area (Å²) in [7, 11) is 3.74. The summed E-state index contributed by atoms with van der Waals surface area (Å²) in [6.07, 6.45) is 4.08. The van der Waals surface area contributed by atoms with Crippen LogP contribution in [-0.4, -0.2) is 24.1 Å². The Hall–Kier alpha value is -1.57. The van der Waals surface area contributed by atoms with E-state index < -0.39 is 0 Å². The minimum Gasteiger partial charge on any atom is -0.357 e. The monoisotopic (exact) mass is 444 g/mol. The maximum absolute atomic E-state index is 13.4. The molecule has 0 aliphatic heterocycles. The third-order valence-corrected chi connectivity index (χ3v) is 3.88. The normalized spacial score (nSPS) is 11.8. The molecule has 0 saturated carbocycles. The highest BCUT2D eigenvalue weighted by molar-refractivity contribution is 14.0. The molecule has 0 saturated heterocycles. The molecule has 2 N–H and O–H groups in total. The van der Waals surface area contributed by atoms with Gasteiger partial charge in [-0.05, 0) is 29.3 Å². The number of hydrogen-bond acceptors (Lipinski definition) is 1. The maximum atomic E-state index is 13.4. The third-order valence-electron chi connectivity index (χ3n) is 3.88. The molecular formula is C18H26FIN4. The lowest BCUT2D eigenvalue weighted by atomic mass is 9.84. The first kappa shape index (κ1) is 20.5. The van der Waals surface area contributed by atoms with E-state index in [0.717, 1.165) is 11.5 Å². The van der Waals surface area contributed by atoms with Gasteiger partial charge in [0.2, 0.25) is 0 Å². The number of hydrogen-bond donors (Lipinski definition) is 2. The van der Waals surface area contributed by atoms with Gasteiger partial charge in [0.25, 0.3) is 0 Å². The van der Waals surface area contributed by atoms with Crippen LogP contribution in [-0.2, 0) is 19.0 Å². The molecule has 1 heterocycles. The van der Waals surface area contributed by atoms with Crippen LogP contribution in [0.3, 0.4) is 0 Å². The molecule has 0 aliphatic rings. The van der Waals surface area contributed by atoms with E-state index in [1.807, 2.05) is 23.9 Å². The standard InChI is InChI=1S/C18H25FN4.HI/c1-18(2,15-6-5-7-16(19)10-15)13-22-17(20-3)21-11-14-8-9-23(4)12-14;/h5-10,12H,11,13H2,1-4H3,(H2,20,21,22);1H. The van der Waals surface area contributed by atoms with Crippen molar-refractivity contribution in [1.29, 1.82) is 0 Å². The zero-order chi connectivity index (χ0) is 16.9. The average molecular weight is 444 g/mol. The topological polar surface area (TPSA) is 41.4 Å². The molecule has 0 spiro atoms. The third kappa shape index (κ3) is 5.81. The highest BCUT2D eigenvalue weighted by atomic mass is 127. The van der Waals surface area contributed by atoms with Crippen LogP contribution >= 0.6 is 24.0 Å². The van der Waals surface area contributed by atoms with Crippen molar-refractivity contribution in [2.24, 2.45) is 12.0 Å². The second-order valence-corrected chi connectivity index (χ2v) is 6.36. The molecule has 132 valence electrons. The van der Waals surface area contributed by atoms with Crippen LogP contribution in [0.2, 0.25) is 0 Å². The van der Waals surface area contributed by atoms with Gasteiger partial charge in [-0.2, -0.15) is 0 Å². The predicted octanol–water partition coefficient (Wildman–Crippen LogP) is 3.43. The lowest BCUT2D eigenvalue weighted by Crippen LogP contribution is -2.43. The second kappa shape index (κ2) is 9.05. The number of guanidine groups is 1. The molecule has 0 amide bonds. The van der Waals surface area contributed by atoms with Gasteiger partial charge >= 0.3 is 0 Å². The number of halogens is 2. The number of aromatic nitrogens is 1. The van der Waals surface area contributed by atoms with Crippen molar-refractivity contribution in [1.82, 2.24) is 15.2 Å². The van der Waals surface area contributed by atoms with Crippen LogP contribution in [0.4, 0.5) is 4.39 Å². The van der Waals surface area contributed by atoms with E-state index in [0.29, 0.717) is 13.1 Å². The van der Waals surface area contributed by atoms with Gasteiger partial charge in [-0.25, -0.2) is 4.39 Å². The SMILES string of the molecule is CN=C(NCc1ccn(C)c1)NCC(C)(C)c1cccc(F)c1.I. The molecule has 0 fully saturated rings. The van der Waals surface area contributed by atoms with Gasteiger partial charge in [0.05, 0.1) is 0 Å². The van der Waals surface area contributed by atoms with Crippen molar-refractivity contribution in [3.05, 3.63) is 59.7 Å². The van der Waals surface area contributed by atoms with Crippen LogP contribution in [0.5, 0.6) is 0 Å². The minimum absolute atomic E-state index is 0. The Kier molecular flexibility index (Phi) is 7.72. The molecule has 6 heteroatoms. The van der Waals surface area contributed by atoms with Gasteiger partial charge in [0.15, 0.2) is 5.96 Å². The molecular weight excluding hydrogens is 418 g/mol. The van der Waals surface area contributed by atoms with Crippen LogP contribution in [0, 0.1) is 5.82 Å². The van der Waals surface area contributed by atoms with E-state index in [9.17, 15) is 4.39 Å². The van der Waals surface area contributed by atoms with Crippen molar-refractivity contribution in [3.8, 4) is 0 Å². The molecule has 24 heavy (non-hydrogen) atoms. The molecule has 1 aromatic heterocycles. The lowest BCUT2D eigenvalue weighted by molar-refractivity contribution is 0.503. The summed E-state index contributed by atoms with van der Waals surface area (Å²) >= 11 is 0. The lowest BCUT2D eigenvalue weighted by Gasteiger charge is -2.26.